The van der Waals surface area contributed by atoms with Gasteiger partial charge in [-0.2, -0.15) is 4.98 Å². The van der Waals surface area contributed by atoms with Crippen molar-refractivity contribution < 1.29 is 5.21 Å². The summed E-state index contributed by atoms with van der Waals surface area (Å²) in [4.78, 5) is 12.8. The highest BCUT2D eigenvalue weighted by Gasteiger charge is 2.08. The van der Waals surface area contributed by atoms with Gasteiger partial charge >= 0.3 is 0 Å². The molecule has 1 N–H and O–H groups in total. The van der Waals surface area contributed by atoms with Gasteiger partial charge in [0.1, 0.15) is 5.82 Å². The van der Waals surface area contributed by atoms with E-state index in [4.69, 9.17) is 0 Å². The van der Waals surface area contributed by atoms with Crippen molar-refractivity contribution >= 4 is 5.69 Å². The Morgan fingerprint density at radius 1 is 0.905 bits per heavy atom. The van der Waals surface area contributed by atoms with Crippen LogP contribution in [0.15, 0.2) is 65.7 Å². The maximum Gasteiger partial charge on any atom is 0.267 e. The second-order valence-electron chi connectivity index (χ2n) is 4.52. The van der Waals surface area contributed by atoms with Crippen LogP contribution in [0.5, 0.6) is 0 Å². The molecular formula is C16H14N4O. The molecule has 0 amide bonds. The normalized spacial score (nSPS) is 11.6. The first-order valence-corrected chi connectivity index (χ1v) is 6.56. The van der Waals surface area contributed by atoms with E-state index >= 15 is 0 Å². The summed E-state index contributed by atoms with van der Waals surface area (Å²) in [5.41, 5.74) is 1.72. The van der Waals surface area contributed by atoms with E-state index in [0.717, 1.165) is 16.0 Å². The Bertz CT molecular complexity index is 811. The maximum atomic E-state index is 10.3. The highest BCUT2D eigenvalue weighted by Crippen LogP contribution is 2.14. The third-order valence-corrected chi connectivity index (χ3v) is 2.94. The Kier molecular flexibility index (Phi) is 3.47. The van der Waals surface area contributed by atoms with Crippen LogP contribution in [0.2, 0.25) is 0 Å². The molecular weight excluding hydrogens is 264 g/mol. The van der Waals surface area contributed by atoms with Gasteiger partial charge in [0, 0.05) is 5.56 Å². The van der Waals surface area contributed by atoms with E-state index < -0.39 is 0 Å². The van der Waals surface area contributed by atoms with Crippen LogP contribution in [-0.2, 0) is 0 Å². The van der Waals surface area contributed by atoms with Crippen molar-refractivity contribution in [2.45, 2.75) is 6.92 Å². The molecule has 21 heavy (non-hydrogen) atoms. The van der Waals surface area contributed by atoms with Gasteiger partial charge < -0.3 is 5.21 Å². The summed E-state index contributed by atoms with van der Waals surface area (Å²) in [5.74, 6) is 0.964. The molecule has 5 heteroatoms. The fourth-order valence-corrected chi connectivity index (χ4v) is 1.98. The summed E-state index contributed by atoms with van der Waals surface area (Å²) < 4.78 is 0.912. The van der Waals surface area contributed by atoms with E-state index in [9.17, 15) is 5.21 Å². The lowest BCUT2D eigenvalue weighted by Gasteiger charge is -2.07. The van der Waals surface area contributed by atoms with E-state index in [1.165, 1.54) is 0 Å². The fourth-order valence-electron chi connectivity index (χ4n) is 1.98. The maximum absolute atomic E-state index is 10.3. The van der Waals surface area contributed by atoms with Crippen molar-refractivity contribution in [3.05, 3.63) is 72.1 Å². The summed E-state index contributed by atoms with van der Waals surface area (Å²) in [5, 5.41) is 10.3. The van der Waals surface area contributed by atoms with Crippen LogP contribution in [0.25, 0.3) is 11.4 Å². The smallest absolute Gasteiger partial charge is 0.267 e. The third kappa shape index (κ3) is 2.81. The van der Waals surface area contributed by atoms with Gasteiger partial charge in [0.2, 0.25) is 0 Å². The van der Waals surface area contributed by atoms with Crippen LogP contribution >= 0.6 is 0 Å². The third-order valence-electron chi connectivity index (χ3n) is 2.94. The lowest BCUT2D eigenvalue weighted by molar-refractivity contribution is 0.168. The number of aromatic nitrogens is 3. The molecule has 0 unspecified atom stereocenters. The van der Waals surface area contributed by atoms with Crippen LogP contribution < -0.4 is 5.62 Å². The van der Waals surface area contributed by atoms with E-state index in [1.54, 1.807) is 6.92 Å². The van der Waals surface area contributed by atoms with E-state index in [1.807, 2.05) is 60.7 Å². The zero-order valence-corrected chi connectivity index (χ0v) is 11.5. The van der Waals surface area contributed by atoms with Crippen molar-refractivity contribution in [3.8, 4) is 11.4 Å². The molecule has 0 spiro atoms. The molecule has 0 atom stereocenters. The Hall–Kier alpha value is -2.95. The first kappa shape index (κ1) is 13.1. The van der Waals surface area contributed by atoms with Gasteiger partial charge in [0.25, 0.3) is 5.62 Å². The number of hydrogen-bond acceptors (Lipinski definition) is 4. The zero-order valence-electron chi connectivity index (χ0n) is 11.5. The van der Waals surface area contributed by atoms with Crippen LogP contribution in [0.3, 0.4) is 0 Å². The number of aryl methyl sites for hydroxylation is 1. The topological polar surface area (TPSA) is 63.3 Å². The molecule has 0 saturated heterocycles. The van der Waals surface area contributed by atoms with Crippen molar-refractivity contribution in [3.63, 3.8) is 0 Å². The first-order valence-electron chi connectivity index (χ1n) is 6.56. The summed E-state index contributed by atoms with van der Waals surface area (Å²) in [7, 11) is 0. The van der Waals surface area contributed by atoms with Crippen LogP contribution in [-0.4, -0.2) is 19.9 Å². The second kappa shape index (κ2) is 5.58. The van der Waals surface area contributed by atoms with Gasteiger partial charge in [-0.05, 0) is 19.1 Å². The zero-order chi connectivity index (χ0) is 14.7. The van der Waals surface area contributed by atoms with Gasteiger partial charge in [-0.25, -0.2) is 9.98 Å². The SMILES string of the molecule is Cc1nc(-c2ccccc2)n(O)c(=Nc2ccccc2)n1. The van der Waals surface area contributed by atoms with Crippen molar-refractivity contribution in [1.82, 2.24) is 14.7 Å². The molecule has 0 radical (unpaired) electrons. The predicted octanol–water partition coefficient (Wildman–Crippen LogP) is 2.72. The summed E-state index contributed by atoms with van der Waals surface area (Å²) >= 11 is 0. The summed E-state index contributed by atoms with van der Waals surface area (Å²) in [6, 6.07) is 18.8. The minimum atomic E-state index is 0.201. The largest absolute Gasteiger partial charge is 0.423 e. The average molecular weight is 278 g/mol. The molecule has 0 aliphatic carbocycles. The Morgan fingerprint density at radius 2 is 1.52 bits per heavy atom. The molecule has 0 aliphatic heterocycles. The Labute approximate surface area is 121 Å². The lowest BCUT2D eigenvalue weighted by Crippen LogP contribution is -2.26. The minimum Gasteiger partial charge on any atom is -0.423 e. The van der Waals surface area contributed by atoms with Crippen LogP contribution in [0, 0.1) is 6.92 Å². The number of hydrogen-bond donors (Lipinski definition) is 1. The van der Waals surface area contributed by atoms with Gasteiger partial charge in [-0.3, -0.25) is 0 Å². The molecule has 1 heterocycles. The number of rotatable bonds is 2. The molecule has 0 bridgehead atoms. The van der Waals surface area contributed by atoms with Crippen LogP contribution in [0.4, 0.5) is 5.69 Å². The minimum absolute atomic E-state index is 0.201. The van der Waals surface area contributed by atoms with Crippen molar-refractivity contribution in [2.75, 3.05) is 0 Å². The van der Waals surface area contributed by atoms with E-state index in [0.29, 0.717) is 11.6 Å². The van der Waals surface area contributed by atoms with Crippen molar-refractivity contribution in [2.24, 2.45) is 4.99 Å². The van der Waals surface area contributed by atoms with Gasteiger partial charge in [0.05, 0.1) is 5.69 Å². The van der Waals surface area contributed by atoms with Gasteiger partial charge in [0.15, 0.2) is 5.82 Å². The molecule has 1 aromatic heterocycles. The van der Waals surface area contributed by atoms with Crippen molar-refractivity contribution in [1.29, 1.82) is 0 Å². The molecule has 2 aromatic carbocycles. The Morgan fingerprint density at radius 3 is 2.19 bits per heavy atom. The molecule has 0 saturated carbocycles. The number of nitrogens with zero attached hydrogens (tertiary/aromatic N) is 4. The molecule has 3 rings (SSSR count). The number of benzene rings is 2. The molecule has 104 valence electrons. The fraction of sp³-hybridized carbons (Fsp3) is 0.0625. The van der Waals surface area contributed by atoms with Gasteiger partial charge in [-0.1, -0.05) is 48.5 Å². The highest BCUT2D eigenvalue weighted by atomic mass is 16.5. The molecule has 3 aromatic rings. The van der Waals surface area contributed by atoms with Gasteiger partial charge in [-0.15, -0.1) is 4.73 Å². The first-order chi connectivity index (χ1) is 10.2. The van der Waals surface area contributed by atoms with Crippen LogP contribution in [0.1, 0.15) is 5.82 Å². The monoisotopic (exact) mass is 278 g/mol. The molecule has 0 aliphatic rings. The number of para-hydroxylation sites is 1. The summed E-state index contributed by atoms with van der Waals surface area (Å²) in [6.45, 7) is 1.77. The second-order valence-corrected chi connectivity index (χ2v) is 4.52. The molecule has 5 nitrogen and oxygen atoms in total. The van der Waals surface area contributed by atoms with E-state index in [2.05, 4.69) is 15.0 Å². The highest BCUT2D eigenvalue weighted by molar-refractivity contribution is 5.54. The quantitative estimate of drug-likeness (QED) is 0.733. The summed E-state index contributed by atoms with van der Waals surface area (Å²) in [6.07, 6.45) is 0. The van der Waals surface area contributed by atoms with E-state index in [-0.39, 0.29) is 5.62 Å². The lowest BCUT2D eigenvalue weighted by atomic mass is 10.2. The average Bonchev–Trinajstić information content (AvgIpc) is 2.52. The predicted molar refractivity (Wildman–Crippen MR) is 79.0 cm³/mol. The standard InChI is InChI=1S/C16H14N4O/c1-12-17-15(13-8-4-2-5-9-13)20(21)16(18-12)19-14-10-6-3-7-11-14/h2-11,21H,1H3. The Balaban J connectivity index is 2.20. The molecule has 0 fully saturated rings.